The molecule has 1 unspecified atom stereocenters. The molecule has 0 spiro atoms. The number of para-hydroxylation sites is 1. The summed E-state index contributed by atoms with van der Waals surface area (Å²) >= 11 is 0. The van der Waals surface area contributed by atoms with Crippen LogP contribution >= 0.6 is 0 Å². The summed E-state index contributed by atoms with van der Waals surface area (Å²) in [5.74, 6) is 0.403. The van der Waals surface area contributed by atoms with Crippen LogP contribution in [0.25, 0.3) is 10.9 Å². The largest absolute Gasteiger partial charge is 0.494 e. The number of nitrogens with two attached hydrogens (primary N) is 1. The molecule has 2 heterocycles. The first-order chi connectivity index (χ1) is 17.4. The van der Waals surface area contributed by atoms with Crippen molar-refractivity contribution in [2.75, 3.05) is 18.2 Å². The minimum atomic E-state index is -0.597. The standard InChI is InChI=1S/C26H28FN7O2/c1-4-12-34-25(33-19-9-7-6-8-16(19)26(34)35)18(5-2)32-24-21(23(29)30-14-31-24)22(28)15-10-11-20(36-3)17(27)13-15/h6-11,13-14,18,28H,4-5,12H2,1-3H3,(H3,29,30,31,32). The molecule has 4 N–H and O–H groups in total. The molecule has 0 aliphatic rings. The zero-order chi connectivity index (χ0) is 25.8. The van der Waals surface area contributed by atoms with E-state index in [0.29, 0.717) is 35.5 Å². The van der Waals surface area contributed by atoms with Gasteiger partial charge < -0.3 is 15.8 Å². The molecule has 0 bridgehead atoms. The molecule has 4 rings (SSSR count). The van der Waals surface area contributed by atoms with E-state index in [9.17, 15) is 9.18 Å². The number of benzene rings is 2. The first kappa shape index (κ1) is 24.8. The molecule has 0 aliphatic heterocycles. The smallest absolute Gasteiger partial charge is 0.261 e. The summed E-state index contributed by atoms with van der Waals surface area (Å²) in [7, 11) is 1.37. The van der Waals surface area contributed by atoms with Crippen LogP contribution in [0.2, 0.25) is 0 Å². The molecule has 0 amide bonds. The van der Waals surface area contributed by atoms with Gasteiger partial charge in [0, 0.05) is 12.1 Å². The quantitative estimate of drug-likeness (QED) is 0.299. The Morgan fingerprint density at radius 3 is 2.69 bits per heavy atom. The molecule has 36 heavy (non-hydrogen) atoms. The summed E-state index contributed by atoms with van der Waals surface area (Å²) in [5, 5.41) is 12.6. The van der Waals surface area contributed by atoms with E-state index in [1.165, 1.54) is 25.6 Å². The molecule has 0 saturated carbocycles. The topological polar surface area (TPSA) is 132 Å². The van der Waals surface area contributed by atoms with E-state index >= 15 is 0 Å². The van der Waals surface area contributed by atoms with E-state index in [2.05, 4.69) is 15.3 Å². The first-order valence-electron chi connectivity index (χ1n) is 11.7. The second-order valence-corrected chi connectivity index (χ2v) is 8.26. The van der Waals surface area contributed by atoms with E-state index in [4.69, 9.17) is 20.9 Å². The van der Waals surface area contributed by atoms with Gasteiger partial charge in [-0.15, -0.1) is 0 Å². The number of nitrogens with one attached hydrogen (secondary N) is 2. The lowest BCUT2D eigenvalue weighted by Crippen LogP contribution is -2.29. The van der Waals surface area contributed by atoms with Crippen molar-refractivity contribution in [3.8, 4) is 5.75 Å². The second-order valence-electron chi connectivity index (χ2n) is 8.26. The molecule has 186 valence electrons. The summed E-state index contributed by atoms with van der Waals surface area (Å²) in [6.07, 6.45) is 2.62. The summed E-state index contributed by atoms with van der Waals surface area (Å²) in [4.78, 5) is 26.5. The summed E-state index contributed by atoms with van der Waals surface area (Å²) in [6, 6.07) is 11.1. The lowest BCUT2D eigenvalue weighted by molar-refractivity contribution is 0.386. The van der Waals surface area contributed by atoms with Crippen LogP contribution < -0.4 is 21.3 Å². The van der Waals surface area contributed by atoms with Gasteiger partial charge >= 0.3 is 0 Å². The fourth-order valence-electron chi connectivity index (χ4n) is 4.13. The Morgan fingerprint density at radius 2 is 2.00 bits per heavy atom. The van der Waals surface area contributed by atoms with Crippen molar-refractivity contribution in [3.05, 3.63) is 81.9 Å². The number of hydrogen-bond donors (Lipinski definition) is 3. The van der Waals surface area contributed by atoms with Gasteiger partial charge in [0.1, 0.15) is 23.8 Å². The Labute approximate surface area is 207 Å². The van der Waals surface area contributed by atoms with Crippen molar-refractivity contribution >= 4 is 28.3 Å². The van der Waals surface area contributed by atoms with Crippen molar-refractivity contribution < 1.29 is 9.13 Å². The molecule has 1 atom stereocenters. The van der Waals surface area contributed by atoms with Gasteiger partial charge in [-0.3, -0.25) is 14.8 Å². The highest BCUT2D eigenvalue weighted by atomic mass is 19.1. The van der Waals surface area contributed by atoms with Gasteiger partial charge in [-0.05, 0) is 43.2 Å². The first-order valence-corrected chi connectivity index (χ1v) is 11.7. The average molecular weight is 490 g/mol. The number of methoxy groups -OCH3 is 1. The summed E-state index contributed by atoms with van der Waals surface area (Å²) < 4.78 is 21.0. The highest BCUT2D eigenvalue weighted by Gasteiger charge is 2.23. The number of fused-ring (bicyclic) bond motifs is 1. The monoisotopic (exact) mass is 489 g/mol. The number of nitrogen functional groups attached to an aromatic ring is 1. The number of hydrogen-bond acceptors (Lipinski definition) is 8. The predicted molar refractivity (Wildman–Crippen MR) is 138 cm³/mol. The van der Waals surface area contributed by atoms with Crippen molar-refractivity contribution in [2.45, 2.75) is 39.3 Å². The normalized spacial score (nSPS) is 11.9. The third-order valence-corrected chi connectivity index (χ3v) is 5.94. The lowest BCUT2D eigenvalue weighted by Gasteiger charge is -2.23. The lowest BCUT2D eigenvalue weighted by atomic mass is 10.0. The van der Waals surface area contributed by atoms with Crippen molar-refractivity contribution in [2.24, 2.45) is 0 Å². The fourth-order valence-corrected chi connectivity index (χ4v) is 4.13. The fraction of sp³-hybridized carbons (Fsp3) is 0.269. The van der Waals surface area contributed by atoms with Gasteiger partial charge in [0.15, 0.2) is 11.6 Å². The molecule has 0 saturated heterocycles. The molecule has 9 nitrogen and oxygen atoms in total. The zero-order valence-corrected chi connectivity index (χ0v) is 20.4. The Hall–Kier alpha value is -4.34. The van der Waals surface area contributed by atoms with Gasteiger partial charge in [0.25, 0.3) is 5.56 Å². The van der Waals surface area contributed by atoms with E-state index in [-0.39, 0.29) is 34.0 Å². The van der Waals surface area contributed by atoms with Crippen LogP contribution in [0.4, 0.5) is 16.0 Å². The summed E-state index contributed by atoms with van der Waals surface area (Å²) in [5.41, 5.74) is 7.13. The van der Waals surface area contributed by atoms with E-state index in [0.717, 1.165) is 6.42 Å². The van der Waals surface area contributed by atoms with Crippen LogP contribution in [0.3, 0.4) is 0 Å². The van der Waals surface area contributed by atoms with Crippen molar-refractivity contribution in [1.82, 2.24) is 19.5 Å². The Balaban J connectivity index is 1.79. The maximum atomic E-state index is 14.4. The molecule has 10 heteroatoms. The van der Waals surface area contributed by atoms with Crippen LogP contribution in [0, 0.1) is 11.2 Å². The minimum absolute atomic E-state index is 0.0515. The molecule has 2 aromatic heterocycles. The molecular formula is C26H28FN7O2. The van der Waals surface area contributed by atoms with Crippen molar-refractivity contribution in [1.29, 1.82) is 5.41 Å². The average Bonchev–Trinajstić information content (AvgIpc) is 2.88. The van der Waals surface area contributed by atoms with Gasteiger partial charge in [0.05, 0.1) is 35.3 Å². The predicted octanol–water partition coefficient (Wildman–Crippen LogP) is 4.31. The van der Waals surface area contributed by atoms with E-state index in [1.54, 1.807) is 16.7 Å². The maximum absolute atomic E-state index is 14.4. The third-order valence-electron chi connectivity index (χ3n) is 5.94. The SMILES string of the molecule is CCCn1c(C(CC)Nc2ncnc(N)c2C(=N)c2ccc(OC)c(F)c2)nc2ccccc2c1=O. The Kier molecular flexibility index (Phi) is 7.23. The van der Waals surface area contributed by atoms with Gasteiger partial charge in [0.2, 0.25) is 0 Å². The minimum Gasteiger partial charge on any atom is -0.494 e. The number of nitrogens with zero attached hydrogens (tertiary/aromatic N) is 4. The van der Waals surface area contributed by atoms with Crippen LogP contribution in [-0.4, -0.2) is 32.3 Å². The number of halogens is 1. The number of ether oxygens (including phenoxy) is 1. The van der Waals surface area contributed by atoms with Crippen LogP contribution in [-0.2, 0) is 6.54 Å². The van der Waals surface area contributed by atoms with E-state index < -0.39 is 11.9 Å². The van der Waals surface area contributed by atoms with Crippen LogP contribution in [0.5, 0.6) is 5.75 Å². The molecular weight excluding hydrogens is 461 g/mol. The second kappa shape index (κ2) is 10.5. The maximum Gasteiger partial charge on any atom is 0.261 e. The zero-order valence-electron chi connectivity index (χ0n) is 20.4. The van der Waals surface area contributed by atoms with Gasteiger partial charge in [-0.1, -0.05) is 26.0 Å². The van der Waals surface area contributed by atoms with Crippen molar-refractivity contribution in [3.63, 3.8) is 0 Å². The molecule has 0 fully saturated rings. The Morgan fingerprint density at radius 1 is 1.22 bits per heavy atom. The third kappa shape index (κ3) is 4.61. The molecule has 0 radical (unpaired) electrons. The van der Waals surface area contributed by atoms with Crippen LogP contribution in [0.1, 0.15) is 49.7 Å². The highest BCUT2D eigenvalue weighted by Crippen LogP contribution is 2.28. The van der Waals surface area contributed by atoms with Crippen LogP contribution in [0.15, 0.2) is 53.6 Å². The molecule has 0 aliphatic carbocycles. The summed E-state index contributed by atoms with van der Waals surface area (Å²) in [6.45, 7) is 4.46. The molecule has 2 aromatic carbocycles. The number of aromatic nitrogens is 4. The van der Waals surface area contributed by atoms with Gasteiger partial charge in [-0.25, -0.2) is 19.3 Å². The highest BCUT2D eigenvalue weighted by molar-refractivity contribution is 6.16. The number of rotatable bonds is 9. The van der Waals surface area contributed by atoms with Gasteiger partial charge in [-0.2, -0.15) is 0 Å². The number of anilines is 2. The Bertz CT molecular complexity index is 1490. The van der Waals surface area contributed by atoms with E-state index in [1.807, 2.05) is 32.0 Å². The molecule has 4 aromatic rings.